The maximum Gasteiger partial charge on any atom is 0.261 e. The van der Waals surface area contributed by atoms with Gasteiger partial charge >= 0.3 is 0 Å². The predicted molar refractivity (Wildman–Crippen MR) is 99.7 cm³/mol. The highest BCUT2D eigenvalue weighted by atomic mass is 35.5. The van der Waals surface area contributed by atoms with Gasteiger partial charge in [0.15, 0.2) is 0 Å². The van der Waals surface area contributed by atoms with Crippen molar-refractivity contribution in [3.8, 4) is 0 Å². The van der Waals surface area contributed by atoms with E-state index in [1.54, 1.807) is 0 Å². The number of nitrogens with one attached hydrogen (secondary N) is 1. The number of pyridine rings is 1. The number of thiophene rings is 1. The van der Waals surface area contributed by atoms with Crippen LogP contribution in [0.25, 0.3) is 10.2 Å². The van der Waals surface area contributed by atoms with E-state index in [0.717, 1.165) is 33.5 Å². The van der Waals surface area contributed by atoms with Gasteiger partial charge in [-0.25, -0.2) is 4.98 Å². The Kier molecular flexibility index (Phi) is 4.19. The SMILES string of the molecule is C=S1(=O)CCC(NC(=O)c2sc3nc(C)c(Cl)c(C)c3c2C)C1. The summed E-state index contributed by atoms with van der Waals surface area (Å²) < 4.78 is 12.0. The fourth-order valence-electron chi connectivity index (χ4n) is 3.07. The molecule has 0 bridgehead atoms. The van der Waals surface area contributed by atoms with Crippen LogP contribution in [0.3, 0.4) is 0 Å². The highest BCUT2D eigenvalue weighted by Gasteiger charge is 2.27. The minimum absolute atomic E-state index is 0.0588. The first-order valence-electron chi connectivity index (χ1n) is 7.39. The van der Waals surface area contributed by atoms with Crippen molar-refractivity contribution in [2.24, 2.45) is 0 Å². The second-order valence-electron chi connectivity index (χ2n) is 6.17. The third-order valence-electron chi connectivity index (χ3n) is 4.30. The Balaban J connectivity index is 1.96. The molecular formula is C16H19ClN2O2S2. The molecule has 4 nitrogen and oxygen atoms in total. The summed E-state index contributed by atoms with van der Waals surface area (Å²) in [6, 6.07) is -0.0588. The van der Waals surface area contributed by atoms with E-state index in [4.69, 9.17) is 11.6 Å². The standard InChI is InChI=1S/C16H19ClN2O2S2/c1-8-12-9(2)14(22-16(12)18-10(3)13(8)17)15(20)19-11-5-6-23(4,21)7-11/h11H,4-7H2,1-3H3,(H,19,20). The first-order valence-corrected chi connectivity index (χ1v) is 10.6. The van der Waals surface area contributed by atoms with Crippen molar-refractivity contribution in [3.63, 3.8) is 0 Å². The molecule has 1 N–H and O–H groups in total. The molecule has 3 rings (SSSR count). The fraction of sp³-hybridized carbons (Fsp3) is 0.438. The highest BCUT2D eigenvalue weighted by Crippen LogP contribution is 2.36. The molecule has 1 fully saturated rings. The number of amides is 1. The zero-order valence-electron chi connectivity index (χ0n) is 13.4. The zero-order chi connectivity index (χ0) is 16.9. The molecule has 2 aromatic heterocycles. The molecule has 1 saturated heterocycles. The van der Waals surface area contributed by atoms with Gasteiger partial charge in [-0.1, -0.05) is 11.6 Å². The Bertz CT molecular complexity index is 916. The van der Waals surface area contributed by atoms with Crippen LogP contribution in [0.15, 0.2) is 0 Å². The van der Waals surface area contributed by atoms with E-state index in [-0.39, 0.29) is 11.9 Å². The molecule has 1 aliphatic rings. The Morgan fingerprint density at radius 2 is 2.09 bits per heavy atom. The van der Waals surface area contributed by atoms with Crippen LogP contribution in [0, 0.1) is 20.8 Å². The van der Waals surface area contributed by atoms with Crippen molar-refractivity contribution in [1.29, 1.82) is 0 Å². The van der Waals surface area contributed by atoms with Gasteiger partial charge in [-0.05, 0) is 53.7 Å². The molecule has 124 valence electrons. The van der Waals surface area contributed by atoms with Crippen molar-refractivity contribution >= 4 is 54.5 Å². The molecule has 0 aliphatic carbocycles. The normalized spacial score (nSPS) is 24.3. The number of carbonyl (C=O) groups excluding carboxylic acids is 1. The first-order chi connectivity index (χ1) is 10.7. The van der Waals surface area contributed by atoms with Gasteiger partial charge in [0, 0.05) is 22.9 Å². The van der Waals surface area contributed by atoms with E-state index in [9.17, 15) is 9.00 Å². The molecule has 3 heterocycles. The van der Waals surface area contributed by atoms with Gasteiger partial charge in [0.05, 0.1) is 15.6 Å². The van der Waals surface area contributed by atoms with Crippen molar-refractivity contribution < 1.29 is 9.00 Å². The van der Waals surface area contributed by atoms with Gasteiger partial charge in [-0.3, -0.25) is 9.00 Å². The van der Waals surface area contributed by atoms with Gasteiger partial charge in [0.25, 0.3) is 5.91 Å². The van der Waals surface area contributed by atoms with Gasteiger partial charge in [0.1, 0.15) is 4.83 Å². The maximum atomic E-state index is 12.6. The third-order valence-corrected chi connectivity index (χ3v) is 8.04. The van der Waals surface area contributed by atoms with E-state index >= 15 is 0 Å². The monoisotopic (exact) mass is 370 g/mol. The topological polar surface area (TPSA) is 59.1 Å². The smallest absolute Gasteiger partial charge is 0.261 e. The molecule has 2 atom stereocenters. The molecule has 0 saturated carbocycles. The Labute approximate surface area is 145 Å². The summed E-state index contributed by atoms with van der Waals surface area (Å²) in [4.78, 5) is 18.6. The van der Waals surface area contributed by atoms with E-state index in [1.807, 2.05) is 20.8 Å². The molecule has 1 aliphatic heterocycles. The Morgan fingerprint density at radius 1 is 1.39 bits per heavy atom. The van der Waals surface area contributed by atoms with E-state index in [1.165, 1.54) is 11.3 Å². The minimum Gasteiger partial charge on any atom is -0.348 e. The average Bonchev–Trinajstić information content (AvgIpc) is 2.96. The number of aryl methyl sites for hydroxylation is 3. The number of carbonyl (C=O) groups is 1. The van der Waals surface area contributed by atoms with Crippen LogP contribution < -0.4 is 5.32 Å². The van der Waals surface area contributed by atoms with Crippen LogP contribution in [0.5, 0.6) is 0 Å². The number of hydrogen-bond acceptors (Lipinski definition) is 4. The number of rotatable bonds is 2. The second-order valence-corrected chi connectivity index (χ2v) is 10.2. The van der Waals surface area contributed by atoms with E-state index < -0.39 is 9.52 Å². The lowest BCUT2D eigenvalue weighted by atomic mass is 10.1. The summed E-state index contributed by atoms with van der Waals surface area (Å²) in [6.07, 6.45) is 0.722. The lowest BCUT2D eigenvalue weighted by Crippen LogP contribution is -2.35. The van der Waals surface area contributed by atoms with Crippen LogP contribution in [0.4, 0.5) is 0 Å². The zero-order valence-corrected chi connectivity index (χ0v) is 15.8. The number of hydrogen-bond donors (Lipinski definition) is 1. The maximum absolute atomic E-state index is 12.6. The van der Waals surface area contributed by atoms with Crippen molar-refractivity contribution in [2.75, 3.05) is 11.5 Å². The first kappa shape index (κ1) is 16.7. The van der Waals surface area contributed by atoms with Gasteiger partial charge in [-0.2, -0.15) is 0 Å². The van der Waals surface area contributed by atoms with Gasteiger partial charge in [-0.15, -0.1) is 11.3 Å². The molecule has 7 heteroatoms. The fourth-order valence-corrected chi connectivity index (χ4v) is 6.26. The van der Waals surface area contributed by atoms with E-state index in [2.05, 4.69) is 16.2 Å². The summed E-state index contributed by atoms with van der Waals surface area (Å²) in [7, 11) is -2.02. The number of nitrogens with zero attached hydrogens (tertiary/aromatic N) is 1. The summed E-state index contributed by atoms with van der Waals surface area (Å²) in [6.45, 7) is 5.75. The predicted octanol–water partition coefficient (Wildman–Crippen LogP) is 3.09. The molecular weight excluding hydrogens is 352 g/mol. The van der Waals surface area contributed by atoms with Crippen LogP contribution in [0.1, 0.15) is 32.9 Å². The quantitative estimate of drug-likeness (QED) is 0.826. The summed E-state index contributed by atoms with van der Waals surface area (Å²) in [5.74, 6) is 4.66. The lowest BCUT2D eigenvalue weighted by Gasteiger charge is -2.10. The second kappa shape index (κ2) is 5.76. The molecule has 0 spiro atoms. The molecule has 0 aromatic carbocycles. The number of halogens is 1. The average molecular weight is 371 g/mol. The number of fused-ring (bicyclic) bond motifs is 1. The van der Waals surface area contributed by atoms with E-state index in [0.29, 0.717) is 21.4 Å². The molecule has 23 heavy (non-hydrogen) atoms. The summed E-state index contributed by atoms with van der Waals surface area (Å²) >= 11 is 7.67. The molecule has 2 aromatic rings. The van der Waals surface area contributed by atoms with Crippen molar-refractivity contribution in [2.45, 2.75) is 33.2 Å². The van der Waals surface area contributed by atoms with Crippen LogP contribution >= 0.6 is 22.9 Å². The molecule has 0 radical (unpaired) electrons. The third kappa shape index (κ3) is 2.99. The van der Waals surface area contributed by atoms with Crippen molar-refractivity contribution in [1.82, 2.24) is 10.3 Å². The van der Waals surface area contributed by atoms with Gasteiger partial charge < -0.3 is 5.32 Å². The number of aromatic nitrogens is 1. The van der Waals surface area contributed by atoms with Crippen LogP contribution in [-0.4, -0.2) is 38.5 Å². The highest BCUT2D eigenvalue weighted by molar-refractivity contribution is 8.00. The van der Waals surface area contributed by atoms with Crippen molar-refractivity contribution in [3.05, 3.63) is 26.7 Å². The lowest BCUT2D eigenvalue weighted by molar-refractivity contribution is 0.0945. The van der Waals surface area contributed by atoms with Gasteiger partial charge in [0.2, 0.25) is 0 Å². The minimum atomic E-state index is -2.02. The van der Waals surface area contributed by atoms with Crippen LogP contribution in [-0.2, 0) is 9.52 Å². The Hall–Kier alpha value is -1.11. The summed E-state index contributed by atoms with van der Waals surface area (Å²) in [5.41, 5.74) is 2.64. The largest absolute Gasteiger partial charge is 0.348 e. The molecule has 1 amide bonds. The van der Waals surface area contributed by atoms with Crippen LogP contribution in [0.2, 0.25) is 5.02 Å². The summed E-state index contributed by atoms with van der Waals surface area (Å²) in [5, 5.41) is 4.60. The Morgan fingerprint density at radius 3 is 2.70 bits per heavy atom. The molecule has 2 unspecified atom stereocenters.